The molecule has 0 saturated carbocycles. The molecular weight excluding hydrogens is 414 g/mol. The van der Waals surface area contributed by atoms with Crippen molar-refractivity contribution >= 4 is 34.9 Å². The molecule has 1 fully saturated rings. The first-order valence-corrected chi connectivity index (χ1v) is 10.8. The molecule has 1 aliphatic heterocycles. The van der Waals surface area contributed by atoms with Crippen LogP contribution in [-0.2, 0) is 6.54 Å². The fourth-order valence-electron chi connectivity index (χ4n) is 3.66. The smallest absolute Gasteiger partial charge is 0.232 e. The maximum absolute atomic E-state index is 6.13. The van der Waals surface area contributed by atoms with Crippen molar-refractivity contribution in [3.63, 3.8) is 0 Å². The zero-order chi connectivity index (χ0) is 21.6. The van der Waals surface area contributed by atoms with Crippen molar-refractivity contribution in [2.24, 2.45) is 0 Å². The highest BCUT2D eigenvalue weighted by molar-refractivity contribution is 6.30. The molecule has 4 rings (SSSR count). The van der Waals surface area contributed by atoms with Crippen LogP contribution in [0.5, 0.6) is 5.75 Å². The van der Waals surface area contributed by atoms with Gasteiger partial charge in [-0.2, -0.15) is 15.0 Å². The molecule has 0 bridgehead atoms. The number of nitrogen functional groups attached to an aromatic ring is 1. The van der Waals surface area contributed by atoms with Gasteiger partial charge >= 0.3 is 0 Å². The Balaban J connectivity index is 1.36. The molecular formula is C22H27ClN7O+. The molecule has 2 aromatic carbocycles. The SMILES string of the molecule is CCOc1ccc(Nc2nc(N)nc(C[NH+]3CCN(c4cccc(Cl)c4)CC3)n2)cc1. The van der Waals surface area contributed by atoms with Gasteiger partial charge in [-0.25, -0.2) is 0 Å². The fourth-order valence-corrected chi connectivity index (χ4v) is 3.84. The number of nitrogens with two attached hydrogens (primary N) is 1. The maximum atomic E-state index is 6.13. The van der Waals surface area contributed by atoms with E-state index >= 15 is 0 Å². The second kappa shape index (κ2) is 9.80. The van der Waals surface area contributed by atoms with Gasteiger partial charge in [0.2, 0.25) is 11.9 Å². The van der Waals surface area contributed by atoms with E-state index in [1.807, 2.05) is 49.4 Å². The molecule has 4 N–H and O–H groups in total. The van der Waals surface area contributed by atoms with E-state index in [0.717, 1.165) is 48.3 Å². The first kappa shape index (κ1) is 21.1. The van der Waals surface area contributed by atoms with Crippen LogP contribution < -0.4 is 25.6 Å². The van der Waals surface area contributed by atoms with Gasteiger partial charge in [0.1, 0.15) is 12.3 Å². The van der Waals surface area contributed by atoms with Crippen LogP contribution in [0.2, 0.25) is 5.02 Å². The first-order chi connectivity index (χ1) is 15.1. The number of quaternary nitrogens is 1. The van der Waals surface area contributed by atoms with Crippen LogP contribution in [0.25, 0.3) is 0 Å². The largest absolute Gasteiger partial charge is 0.494 e. The molecule has 9 heteroatoms. The molecule has 1 saturated heterocycles. The van der Waals surface area contributed by atoms with Crippen molar-refractivity contribution in [1.29, 1.82) is 0 Å². The summed E-state index contributed by atoms with van der Waals surface area (Å²) in [6.07, 6.45) is 0. The number of rotatable bonds is 7. The minimum Gasteiger partial charge on any atom is -0.494 e. The van der Waals surface area contributed by atoms with Crippen molar-refractivity contribution < 1.29 is 9.64 Å². The Labute approximate surface area is 187 Å². The van der Waals surface area contributed by atoms with E-state index in [4.69, 9.17) is 22.1 Å². The standard InChI is InChI=1S/C22H26ClN7O/c1-2-31-19-8-6-17(7-9-19)25-22-27-20(26-21(24)28-22)15-29-10-12-30(13-11-29)18-5-3-4-16(23)14-18/h3-9,14H,2,10-13,15H2,1H3,(H3,24,25,26,27,28)/p+1. The van der Waals surface area contributed by atoms with Gasteiger partial charge in [0.15, 0.2) is 5.82 Å². The van der Waals surface area contributed by atoms with Crippen molar-refractivity contribution in [3.05, 3.63) is 59.4 Å². The summed E-state index contributed by atoms with van der Waals surface area (Å²) in [5.41, 5.74) is 7.97. The van der Waals surface area contributed by atoms with Crippen LogP contribution in [0.1, 0.15) is 12.7 Å². The van der Waals surface area contributed by atoms with E-state index in [1.165, 1.54) is 4.90 Å². The molecule has 3 aromatic rings. The first-order valence-electron chi connectivity index (χ1n) is 10.4. The summed E-state index contributed by atoms with van der Waals surface area (Å²) in [6.45, 7) is 7.17. The van der Waals surface area contributed by atoms with Crippen LogP contribution in [0.3, 0.4) is 0 Å². The van der Waals surface area contributed by atoms with E-state index in [-0.39, 0.29) is 5.95 Å². The molecule has 0 spiro atoms. The molecule has 162 valence electrons. The third-order valence-corrected chi connectivity index (χ3v) is 5.41. The molecule has 0 atom stereocenters. The highest BCUT2D eigenvalue weighted by Crippen LogP contribution is 2.20. The molecule has 0 amide bonds. The Hall–Kier alpha value is -3.10. The quantitative estimate of drug-likeness (QED) is 0.518. The number of anilines is 4. The summed E-state index contributed by atoms with van der Waals surface area (Å²) in [5, 5.41) is 3.96. The minimum absolute atomic E-state index is 0.218. The molecule has 0 unspecified atom stereocenters. The third kappa shape index (κ3) is 5.74. The van der Waals surface area contributed by atoms with Gasteiger partial charge in [0, 0.05) is 16.4 Å². The lowest BCUT2D eigenvalue weighted by atomic mass is 10.2. The van der Waals surface area contributed by atoms with Gasteiger partial charge in [-0.05, 0) is 49.4 Å². The summed E-state index contributed by atoms with van der Waals surface area (Å²) >= 11 is 6.13. The molecule has 2 heterocycles. The Morgan fingerprint density at radius 1 is 1.10 bits per heavy atom. The molecule has 0 aliphatic carbocycles. The minimum atomic E-state index is 0.218. The number of hydrogen-bond acceptors (Lipinski definition) is 7. The van der Waals surface area contributed by atoms with Gasteiger partial charge in [-0.15, -0.1) is 0 Å². The van der Waals surface area contributed by atoms with E-state index in [9.17, 15) is 0 Å². The average Bonchev–Trinajstić information content (AvgIpc) is 2.75. The van der Waals surface area contributed by atoms with Crippen molar-refractivity contribution in [1.82, 2.24) is 15.0 Å². The van der Waals surface area contributed by atoms with Gasteiger partial charge < -0.3 is 25.6 Å². The van der Waals surface area contributed by atoms with Crippen LogP contribution >= 0.6 is 11.6 Å². The highest BCUT2D eigenvalue weighted by atomic mass is 35.5. The zero-order valence-electron chi connectivity index (χ0n) is 17.5. The van der Waals surface area contributed by atoms with Crippen molar-refractivity contribution in [2.75, 3.05) is 48.7 Å². The number of ether oxygens (including phenoxy) is 1. The number of benzene rings is 2. The number of hydrogen-bond donors (Lipinski definition) is 3. The molecule has 1 aliphatic rings. The van der Waals surface area contributed by atoms with E-state index < -0.39 is 0 Å². The van der Waals surface area contributed by atoms with Crippen LogP contribution in [0, 0.1) is 0 Å². The monoisotopic (exact) mass is 440 g/mol. The second-order valence-corrected chi connectivity index (χ2v) is 7.85. The Morgan fingerprint density at radius 3 is 2.58 bits per heavy atom. The van der Waals surface area contributed by atoms with E-state index in [0.29, 0.717) is 24.9 Å². The summed E-state index contributed by atoms with van der Waals surface area (Å²) < 4.78 is 5.47. The average molecular weight is 441 g/mol. The molecule has 1 aromatic heterocycles. The van der Waals surface area contributed by atoms with Gasteiger partial charge in [-0.3, -0.25) is 0 Å². The van der Waals surface area contributed by atoms with Crippen LogP contribution in [0.15, 0.2) is 48.5 Å². The summed E-state index contributed by atoms with van der Waals surface area (Å²) in [7, 11) is 0. The molecule has 0 radical (unpaired) electrons. The lowest BCUT2D eigenvalue weighted by Crippen LogP contribution is -3.13. The van der Waals surface area contributed by atoms with Gasteiger partial charge in [0.25, 0.3) is 0 Å². The summed E-state index contributed by atoms with van der Waals surface area (Å²) in [4.78, 5) is 16.9. The van der Waals surface area contributed by atoms with Crippen LogP contribution in [-0.4, -0.2) is 47.7 Å². The predicted octanol–water partition coefficient (Wildman–Crippen LogP) is 2.15. The molecule has 31 heavy (non-hydrogen) atoms. The van der Waals surface area contributed by atoms with Crippen molar-refractivity contribution in [3.8, 4) is 5.75 Å². The Bertz CT molecular complexity index is 1010. The third-order valence-electron chi connectivity index (χ3n) is 5.17. The number of nitrogens with one attached hydrogen (secondary N) is 2. The number of halogens is 1. The van der Waals surface area contributed by atoms with E-state index in [1.54, 1.807) is 0 Å². The Kier molecular flexibility index (Phi) is 6.69. The topological polar surface area (TPSA) is 93.6 Å². The number of nitrogens with zero attached hydrogens (tertiary/aromatic N) is 4. The lowest BCUT2D eigenvalue weighted by molar-refractivity contribution is -0.915. The van der Waals surface area contributed by atoms with Crippen LogP contribution in [0.4, 0.5) is 23.3 Å². The number of aromatic nitrogens is 3. The molecule has 8 nitrogen and oxygen atoms in total. The highest BCUT2D eigenvalue weighted by Gasteiger charge is 2.22. The van der Waals surface area contributed by atoms with Crippen molar-refractivity contribution in [2.45, 2.75) is 13.5 Å². The lowest BCUT2D eigenvalue weighted by Gasteiger charge is -2.33. The number of piperazine rings is 1. The fraction of sp³-hybridized carbons (Fsp3) is 0.318. The van der Waals surface area contributed by atoms with E-state index in [2.05, 4.69) is 31.2 Å². The maximum Gasteiger partial charge on any atom is 0.232 e. The van der Waals surface area contributed by atoms with Gasteiger partial charge in [0.05, 0.1) is 32.8 Å². The van der Waals surface area contributed by atoms with Gasteiger partial charge in [-0.1, -0.05) is 17.7 Å². The predicted molar refractivity (Wildman–Crippen MR) is 123 cm³/mol. The zero-order valence-corrected chi connectivity index (χ0v) is 18.3. The second-order valence-electron chi connectivity index (χ2n) is 7.41. The Morgan fingerprint density at radius 2 is 1.87 bits per heavy atom. The summed E-state index contributed by atoms with van der Waals surface area (Å²) in [5.74, 6) is 2.18. The summed E-state index contributed by atoms with van der Waals surface area (Å²) in [6, 6.07) is 15.7. The normalized spacial score (nSPS) is 14.5.